The van der Waals surface area contributed by atoms with E-state index in [0.29, 0.717) is 6.54 Å². The zero-order valence-corrected chi connectivity index (χ0v) is 11.1. The summed E-state index contributed by atoms with van der Waals surface area (Å²) in [6.07, 6.45) is -0.00695. The fourth-order valence-corrected chi connectivity index (χ4v) is 1.10. The van der Waals surface area contributed by atoms with Gasteiger partial charge < -0.3 is 14.7 Å². The lowest BCUT2D eigenvalue weighted by Crippen LogP contribution is -2.39. The number of rotatable bonds is 6. The van der Waals surface area contributed by atoms with Gasteiger partial charge in [-0.15, -0.1) is 0 Å². The monoisotopic (exact) mass is 217 g/mol. The molecule has 1 N–H and O–H groups in total. The van der Waals surface area contributed by atoms with E-state index in [4.69, 9.17) is 4.74 Å². The van der Waals surface area contributed by atoms with Crippen LogP contribution < -0.4 is 0 Å². The second-order valence-corrected chi connectivity index (χ2v) is 5.56. The maximum Gasteiger partial charge on any atom is 0.0715 e. The predicted octanol–water partition coefficient (Wildman–Crippen LogP) is 1.75. The first kappa shape index (κ1) is 14.9. The van der Waals surface area contributed by atoms with Gasteiger partial charge in [-0.1, -0.05) is 20.8 Å². The van der Waals surface area contributed by atoms with Crippen molar-refractivity contribution < 1.29 is 9.84 Å². The Labute approximate surface area is 94.4 Å². The molecule has 0 aromatic rings. The molecule has 3 nitrogen and oxygen atoms in total. The summed E-state index contributed by atoms with van der Waals surface area (Å²) in [4.78, 5) is 2.11. The number of aliphatic hydroxyl groups is 1. The van der Waals surface area contributed by atoms with Gasteiger partial charge in [-0.25, -0.2) is 0 Å². The smallest absolute Gasteiger partial charge is 0.0715 e. The molecule has 0 aliphatic rings. The Morgan fingerprint density at radius 1 is 1.27 bits per heavy atom. The van der Waals surface area contributed by atoms with Crippen LogP contribution in [0.4, 0.5) is 0 Å². The van der Waals surface area contributed by atoms with E-state index in [1.165, 1.54) is 0 Å². The summed E-state index contributed by atoms with van der Waals surface area (Å²) in [5.74, 6) is 0. The zero-order valence-electron chi connectivity index (χ0n) is 11.1. The maximum atomic E-state index is 9.88. The molecular weight excluding hydrogens is 190 g/mol. The molecule has 0 heterocycles. The predicted molar refractivity (Wildman–Crippen MR) is 64.0 cm³/mol. The summed E-state index contributed by atoms with van der Waals surface area (Å²) < 4.78 is 5.46. The molecule has 0 bridgehead atoms. The molecule has 0 saturated carbocycles. The zero-order chi connectivity index (χ0) is 12.1. The molecule has 0 aliphatic heterocycles. The minimum Gasteiger partial charge on any atom is -0.391 e. The Kier molecular flexibility index (Phi) is 6.41. The molecule has 0 aromatic heterocycles. The molecule has 92 valence electrons. The van der Waals surface area contributed by atoms with Crippen LogP contribution in [0.3, 0.4) is 0 Å². The number of ether oxygens (including phenoxy) is 1. The Bertz CT molecular complexity index is 163. The van der Waals surface area contributed by atoms with Gasteiger partial charge in [-0.05, 0) is 26.3 Å². The van der Waals surface area contributed by atoms with Gasteiger partial charge in [-0.3, -0.25) is 0 Å². The van der Waals surface area contributed by atoms with Crippen LogP contribution in [0.15, 0.2) is 0 Å². The molecule has 0 spiro atoms. The largest absolute Gasteiger partial charge is 0.391 e. The van der Waals surface area contributed by atoms with E-state index in [1.54, 1.807) is 0 Å². The number of aliphatic hydroxyl groups excluding tert-OH is 1. The second-order valence-electron chi connectivity index (χ2n) is 5.56. The van der Waals surface area contributed by atoms with Gasteiger partial charge in [-0.2, -0.15) is 0 Å². The summed E-state index contributed by atoms with van der Waals surface area (Å²) in [5, 5.41) is 9.88. The summed E-state index contributed by atoms with van der Waals surface area (Å²) in [7, 11) is 2.01. The Hall–Kier alpha value is -0.120. The lowest BCUT2D eigenvalue weighted by Gasteiger charge is -2.29. The van der Waals surface area contributed by atoms with Crippen LogP contribution in [-0.4, -0.2) is 49.0 Å². The van der Waals surface area contributed by atoms with Crippen LogP contribution in [0.5, 0.6) is 0 Å². The number of hydrogen-bond donors (Lipinski definition) is 1. The molecule has 0 amide bonds. The van der Waals surface area contributed by atoms with Crippen molar-refractivity contribution in [3.8, 4) is 0 Å². The third-order valence-corrected chi connectivity index (χ3v) is 2.41. The molecule has 0 saturated heterocycles. The summed E-state index contributed by atoms with van der Waals surface area (Å²) in [5.41, 5.74) is -0.0484. The Balaban J connectivity index is 3.69. The van der Waals surface area contributed by atoms with Crippen LogP contribution in [0.25, 0.3) is 0 Å². The van der Waals surface area contributed by atoms with Crippen LogP contribution in [0.1, 0.15) is 34.6 Å². The van der Waals surface area contributed by atoms with E-state index in [-0.39, 0.29) is 17.6 Å². The molecule has 0 rings (SSSR count). The highest BCUT2D eigenvalue weighted by Gasteiger charge is 2.22. The topological polar surface area (TPSA) is 32.7 Å². The van der Waals surface area contributed by atoms with E-state index < -0.39 is 0 Å². The molecule has 0 aliphatic carbocycles. The fourth-order valence-electron chi connectivity index (χ4n) is 1.10. The van der Waals surface area contributed by atoms with Crippen LogP contribution in [0, 0.1) is 5.41 Å². The van der Waals surface area contributed by atoms with E-state index in [2.05, 4.69) is 25.7 Å². The highest BCUT2D eigenvalue weighted by molar-refractivity contribution is 4.75. The van der Waals surface area contributed by atoms with Crippen LogP contribution in [0.2, 0.25) is 0 Å². The van der Waals surface area contributed by atoms with E-state index in [1.807, 2.05) is 20.9 Å². The average Bonchev–Trinajstić information content (AvgIpc) is 2.01. The van der Waals surface area contributed by atoms with Gasteiger partial charge in [0.2, 0.25) is 0 Å². The molecule has 0 aromatic carbocycles. The first-order chi connectivity index (χ1) is 6.73. The standard InChI is InChI=1S/C12H27NO2/c1-10(2)15-8-7-13(6)9-11(14)12(3,4)5/h10-11,14H,7-9H2,1-6H3. The van der Waals surface area contributed by atoms with E-state index >= 15 is 0 Å². The fraction of sp³-hybridized carbons (Fsp3) is 1.00. The normalized spacial score (nSPS) is 15.0. The molecule has 1 atom stereocenters. The molecule has 0 radical (unpaired) electrons. The van der Waals surface area contributed by atoms with Crippen molar-refractivity contribution in [1.29, 1.82) is 0 Å². The van der Waals surface area contributed by atoms with Gasteiger partial charge in [0.15, 0.2) is 0 Å². The highest BCUT2D eigenvalue weighted by atomic mass is 16.5. The number of nitrogens with zero attached hydrogens (tertiary/aromatic N) is 1. The average molecular weight is 217 g/mol. The molecular formula is C12H27NO2. The van der Waals surface area contributed by atoms with Gasteiger partial charge in [0.25, 0.3) is 0 Å². The lowest BCUT2D eigenvalue weighted by molar-refractivity contribution is 0.0182. The van der Waals surface area contributed by atoms with Gasteiger partial charge >= 0.3 is 0 Å². The van der Waals surface area contributed by atoms with Gasteiger partial charge in [0.1, 0.15) is 0 Å². The van der Waals surface area contributed by atoms with Crippen molar-refractivity contribution in [2.45, 2.75) is 46.8 Å². The quantitative estimate of drug-likeness (QED) is 0.736. The van der Waals surface area contributed by atoms with Crippen LogP contribution >= 0.6 is 0 Å². The van der Waals surface area contributed by atoms with E-state index in [0.717, 1.165) is 13.2 Å². The minimum absolute atomic E-state index is 0.0484. The van der Waals surface area contributed by atoms with Crippen molar-refractivity contribution in [3.63, 3.8) is 0 Å². The maximum absolute atomic E-state index is 9.88. The van der Waals surface area contributed by atoms with E-state index in [9.17, 15) is 5.11 Å². The first-order valence-electron chi connectivity index (χ1n) is 5.71. The Morgan fingerprint density at radius 3 is 2.20 bits per heavy atom. The molecule has 0 fully saturated rings. The third kappa shape index (κ3) is 7.77. The summed E-state index contributed by atoms with van der Waals surface area (Å²) in [6, 6.07) is 0. The van der Waals surface area contributed by atoms with Crippen LogP contribution in [-0.2, 0) is 4.74 Å². The molecule has 1 unspecified atom stereocenters. The van der Waals surface area contributed by atoms with Crippen molar-refractivity contribution >= 4 is 0 Å². The lowest BCUT2D eigenvalue weighted by atomic mass is 9.89. The minimum atomic E-state index is -0.290. The first-order valence-corrected chi connectivity index (χ1v) is 5.71. The summed E-state index contributed by atoms with van der Waals surface area (Å²) >= 11 is 0. The number of hydrogen-bond acceptors (Lipinski definition) is 3. The van der Waals surface area contributed by atoms with Crippen molar-refractivity contribution in [2.75, 3.05) is 26.7 Å². The van der Waals surface area contributed by atoms with Gasteiger partial charge in [0, 0.05) is 13.1 Å². The van der Waals surface area contributed by atoms with Gasteiger partial charge in [0.05, 0.1) is 18.8 Å². The Morgan fingerprint density at radius 2 is 1.80 bits per heavy atom. The van der Waals surface area contributed by atoms with Crippen molar-refractivity contribution in [3.05, 3.63) is 0 Å². The molecule has 15 heavy (non-hydrogen) atoms. The third-order valence-electron chi connectivity index (χ3n) is 2.41. The number of likely N-dealkylation sites (N-methyl/N-ethyl adjacent to an activating group) is 1. The van der Waals surface area contributed by atoms with Crippen molar-refractivity contribution in [2.24, 2.45) is 5.41 Å². The van der Waals surface area contributed by atoms with Crippen molar-refractivity contribution in [1.82, 2.24) is 4.90 Å². The summed E-state index contributed by atoms with van der Waals surface area (Å²) in [6.45, 7) is 12.5. The highest BCUT2D eigenvalue weighted by Crippen LogP contribution is 2.19. The molecule has 3 heteroatoms. The second kappa shape index (κ2) is 6.46. The SMILES string of the molecule is CC(C)OCCN(C)CC(O)C(C)(C)C.